The highest BCUT2D eigenvalue weighted by Crippen LogP contribution is 2.25. The molecule has 0 aliphatic carbocycles. The molecule has 3 heteroatoms. The maximum Gasteiger partial charge on any atom is 0.103 e. The second-order valence-corrected chi connectivity index (χ2v) is 3.56. The van der Waals surface area contributed by atoms with E-state index in [1.165, 1.54) is 0 Å². The van der Waals surface area contributed by atoms with Crippen LogP contribution in [-0.4, -0.2) is 25.1 Å². The summed E-state index contributed by atoms with van der Waals surface area (Å²) in [4.78, 5) is 1.10. The summed E-state index contributed by atoms with van der Waals surface area (Å²) >= 11 is 1.63. The first-order valence-electron chi connectivity index (χ1n) is 4.09. The molecule has 2 nitrogen and oxygen atoms in total. The van der Waals surface area contributed by atoms with Crippen LogP contribution in [0.15, 0.2) is 29.2 Å². The Morgan fingerprint density at radius 1 is 1.46 bits per heavy atom. The molecule has 13 heavy (non-hydrogen) atoms. The molecule has 1 aromatic carbocycles. The Morgan fingerprint density at radius 3 is 2.77 bits per heavy atom. The van der Waals surface area contributed by atoms with Crippen LogP contribution in [0.3, 0.4) is 0 Å². The summed E-state index contributed by atoms with van der Waals surface area (Å²) in [7, 11) is 1.59. The largest absolute Gasteiger partial charge is 0.386 e. The van der Waals surface area contributed by atoms with Crippen molar-refractivity contribution in [2.24, 2.45) is 0 Å². The molecule has 0 aliphatic rings. The van der Waals surface area contributed by atoms with Crippen molar-refractivity contribution >= 4 is 11.8 Å². The number of methoxy groups -OCH3 is 1. The molecule has 0 aromatic heterocycles. The minimum atomic E-state index is -0.520. The Bertz CT molecular complexity index is 263. The van der Waals surface area contributed by atoms with E-state index in [9.17, 15) is 5.11 Å². The van der Waals surface area contributed by atoms with E-state index in [2.05, 4.69) is 0 Å². The summed E-state index contributed by atoms with van der Waals surface area (Å²) in [5.41, 5.74) is 0.942. The smallest absolute Gasteiger partial charge is 0.103 e. The van der Waals surface area contributed by atoms with Crippen molar-refractivity contribution in [1.82, 2.24) is 0 Å². The molecule has 1 unspecified atom stereocenters. The van der Waals surface area contributed by atoms with Gasteiger partial charge >= 0.3 is 0 Å². The highest BCUT2D eigenvalue weighted by molar-refractivity contribution is 7.98. The third kappa shape index (κ3) is 2.72. The number of rotatable bonds is 4. The number of aliphatic hydroxyl groups is 1. The molecule has 0 saturated heterocycles. The predicted molar refractivity (Wildman–Crippen MR) is 55.1 cm³/mol. The first-order valence-corrected chi connectivity index (χ1v) is 5.32. The number of ether oxygens (including phenoxy) is 1. The zero-order valence-corrected chi connectivity index (χ0v) is 8.67. The van der Waals surface area contributed by atoms with Crippen LogP contribution in [-0.2, 0) is 4.74 Å². The van der Waals surface area contributed by atoms with E-state index in [4.69, 9.17) is 4.74 Å². The average Bonchev–Trinajstić information content (AvgIpc) is 2.18. The van der Waals surface area contributed by atoms with Gasteiger partial charge in [0, 0.05) is 12.0 Å². The van der Waals surface area contributed by atoms with Crippen LogP contribution in [0.4, 0.5) is 0 Å². The van der Waals surface area contributed by atoms with Crippen molar-refractivity contribution in [3.8, 4) is 0 Å². The number of hydrogen-bond acceptors (Lipinski definition) is 3. The van der Waals surface area contributed by atoms with Gasteiger partial charge in [-0.2, -0.15) is 0 Å². The Balaban J connectivity index is 2.85. The molecule has 1 N–H and O–H groups in total. The fourth-order valence-electron chi connectivity index (χ4n) is 1.19. The lowest BCUT2D eigenvalue weighted by Gasteiger charge is -2.12. The molecule has 0 fully saturated rings. The van der Waals surface area contributed by atoms with Crippen molar-refractivity contribution in [3.63, 3.8) is 0 Å². The van der Waals surface area contributed by atoms with E-state index in [1.807, 2.05) is 30.5 Å². The van der Waals surface area contributed by atoms with E-state index in [0.29, 0.717) is 6.61 Å². The minimum absolute atomic E-state index is 0.345. The van der Waals surface area contributed by atoms with Crippen LogP contribution >= 0.6 is 11.8 Å². The molecule has 0 radical (unpaired) electrons. The molecule has 0 aliphatic heterocycles. The standard InChI is InChI=1S/C10H14O2S/c1-12-7-9(11)8-5-3-4-6-10(8)13-2/h3-6,9,11H,7H2,1-2H3. The van der Waals surface area contributed by atoms with E-state index in [1.54, 1.807) is 18.9 Å². The van der Waals surface area contributed by atoms with Gasteiger partial charge < -0.3 is 9.84 Å². The third-order valence-corrected chi connectivity index (χ3v) is 2.63. The lowest BCUT2D eigenvalue weighted by Crippen LogP contribution is -2.05. The minimum Gasteiger partial charge on any atom is -0.386 e. The molecule has 1 atom stereocenters. The number of benzene rings is 1. The lowest BCUT2D eigenvalue weighted by atomic mass is 10.1. The van der Waals surface area contributed by atoms with Gasteiger partial charge in [-0.15, -0.1) is 11.8 Å². The molecule has 0 amide bonds. The molecule has 0 spiro atoms. The average molecular weight is 198 g/mol. The summed E-state index contributed by atoms with van der Waals surface area (Å²) in [6, 6.07) is 7.82. The van der Waals surface area contributed by atoms with E-state index in [-0.39, 0.29) is 0 Å². The fourth-order valence-corrected chi connectivity index (χ4v) is 1.84. The Kier molecular flexibility index (Phi) is 4.28. The summed E-state index contributed by atoms with van der Waals surface area (Å²) in [6.07, 6.45) is 1.48. The quantitative estimate of drug-likeness (QED) is 0.751. The maximum atomic E-state index is 9.69. The summed E-state index contributed by atoms with van der Waals surface area (Å²) in [6.45, 7) is 0.345. The van der Waals surface area contributed by atoms with Crippen molar-refractivity contribution in [2.45, 2.75) is 11.0 Å². The van der Waals surface area contributed by atoms with Gasteiger partial charge in [0.25, 0.3) is 0 Å². The van der Waals surface area contributed by atoms with Crippen LogP contribution in [0.2, 0.25) is 0 Å². The van der Waals surface area contributed by atoms with Crippen molar-refractivity contribution in [2.75, 3.05) is 20.0 Å². The Hall–Kier alpha value is -0.510. The normalized spacial score (nSPS) is 12.8. The Morgan fingerprint density at radius 2 is 2.15 bits per heavy atom. The van der Waals surface area contributed by atoms with Crippen LogP contribution in [0.1, 0.15) is 11.7 Å². The van der Waals surface area contributed by atoms with E-state index < -0.39 is 6.10 Å². The van der Waals surface area contributed by atoms with Crippen LogP contribution in [0, 0.1) is 0 Å². The van der Waals surface area contributed by atoms with Gasteiger partial charge in [-0.25, -0.2) is 0 Å². The molecule has 1 rings (SSSR count). The van der Waals surface area contributed by atoms with Crippen LogP contribution in [0.25, 0.3) is 0 Å². The number of aliphatic hydroxyl groups excluding tert-OH is 1. The lowest BCUT2D eigenvalue weighted by molar-refractivity contribution is 0.0628. The first-order chi connectivity index (χ1) is 6.29. The SMILES string of the molecule is COCC(O)c1ccccc1SC. The highest BCUT2D eigenvalue weighted by Gasteiger charge is 2.10. The molecular weight excluding hydrogens is 184 g/mol. The van der Waals surface area contributed by atoms with Gasteiger partial charge in [0.2, 0.25) is 0 Å². The van der Waals surface area contributed by atoms with Gasteiger partial charge in [-0.1, -0.05) is 18.2 Å². The third-order valence-electron chi connectivity index (χ3n) is 1.82. The van der Waals surface area contributed by atoms with Crippen molar-refractivity contribution in [1.29, 1.82) is 0 Å². The first kappa shape index (κ1) is 10.6. The highest BCUT2D eigenvalue weighted by atomic mass is 32.2. The fraction of sp³-hybridized carbons (Fsp3) is 0.400. The van der Waals surface area contributed by atoms with Gasteiger partial charge in [-0.3, -0.25) is 0 Å². The monoisotopic (exact) mass is 198 g/mol. The van der Waals surface area contributed by atoms with Crippen LogP contribution < -0.4 is 0 Å². The summed E-state index contributed by atoms with van der Waals surface area (Å²) < 4.78 is 4.90. The topological polar surface area (TPSA) is 29.5 Å². The van der Waals surface area contributed by atoms with Gasteiger partial charge in [0.05, 0.1) is 6.61 Å². The van der Waals surface area contributed by atoms with Crippen molar-refractivity contribution in [3.05, 3.63) is 29.8 Å². The maximum absolute atomic E-state index is 9.69. The number of hydrogen-bond donors (Lipinski definition) is 1. The molecule has 0 bridgehead atoms. The van der Waals surface area contributed by atoms with E-state index >= 15 is 0 Å². The molecular formula is C10H14O2S. The molecule has 1 aromatic rings. The van der Waals surface area contributed by atoms with Gasteiger partial charge in [0.15, 0.2) is 0 Å². The van der Waals surface area contributed by atoms with Crippen LogP contribution in [0.5, 0.6) is 0 Å². The summed E-state index contributed by atoms with van der Waals surface area (Å²) in [5, 5.41) is 9.69. The van der Waals surface area contributed by atoms with Gasteiger partial charge in [-0.05, 0) is 17.9 Å². The zero-order valence-electron chi connectivity index (χ0n) is 7.86. The molecule has 72 valence electrons. The van der Waals surface area contributed by atoms with Gasteiger partial charge in [0.1, 0.15) is 6.10 Å². The van der Waals surface area contributed by atoms with E-state index in [0.717, 1.165) is 10.5 Å². The number of thioether (sulfide) groups is 1. The predicted octanol–water partition coefficient (Wildman–Crippen LogP) is 2.09. The zero-order chi connectivity index (χ0) is 9.68. The second-order valence-electron chi connectivity index (χ2n) is 2.71. The summed E-state index contributed by atoms with van der Waals surface area (Å²) in [5.74, 6) is 0. The molecule has 0 saturated carbocycles. The molecule has 0 heterocycles. The van der Waals surface area contributed by atoms with Crippen molar-refractivity contribution < 1.29 is 9.84 Å². The Labute approximate surface area is 82.9 Å². The second kappa shape index (κ2) is 5.27.